The summed E-state index contributed by atoms with van der Waals surface area (Å²) in [6.45, 7) is 2.92. The van der Waals surface area contributed by atoms with E-state index < -0.39 is 0 Å². The largest absolute Gasteiger partial charge is 0.378 e. The third-order valence-corrected chi connectivity index (χ3v) is 4.38. The molecule has 0 atom stereocenters. The quantitative estimate of drug-likeness (QED) is 0.777. The summed E-state index contributed by atoms with van der Waals surface area (Å²) in [4.78, 5) is 21.8. The van der Waals surface area contributed by atoms with Crippen LogP contribution in [0.1, 0.15) is 24.8 Å². The molecular weight excluding hydrogens is 328 g/mol. The van der Waals surface area contributed by atoms with E-state index in [1.165, 1.54) is 0 Å². The minimum Gasteiger partial charge on any atom is -0.378 e. The fourth-order valence-electron chi connectivity index (χ4n) is 3.04. The van der Waals surface area contributed by atoms with Crippen molar-refractivity contribution in [3.8, 4) is 0 Å². The number of ether oxygens (including phenoxy) is 1. The van der Waals surface area contributed by atoms with Gasteiger partial charge in [0.05, 0.1) is 12.5 Å². The van der Waals surface area contributed by atoms with Crippen LogP contribution in [0.15, 0.2) is 24.5 Å². The normalized spacial score (nSPS) is 15.5. The molecule has 3 rings (SSSR count). The lowest BCUT2D eigenvalue weighted by Crippen LogP contribution is -2.41. The lowest BCUT2D eigenvalue weighted by Gasteiger charge is -2.32. The number of likely N-dealkylation sites (tertiary alicyclic amines) is 1. The Morgan fingerprint density at radius 2 is 2.21 bits per heavy atom. The van der Waals surface area contributed by atoms with Crippen molar-refractivity contribution in [1.29, 1.82) is 0 Å². The molecule has 3 N–H and O–H groups in total. The number of carbonyl (C=O) groups excluding carboxylic acids is 1. The molecule has 6 nitrogen and oxygen atoms in total. The summed E-state index contributed by atoms with van der Waals surface area (Å²) in [6.07, 6.45) is 7.04. The summed E-state index contributed by atoms with van der Waals surface area (Å²) >= 11 is 0. The molecule has 24 heavy (non-hydrogen) atoms. The first kappa shape index (κ1) is 18.7. The molecular formula is C17H25ClN4O2. The zero-order chi connectivity index (χ0) is 16.1. The second-order valence-electron chi connectivity index (χ2n) is 5.98. The number of amides is 1. The Hall–Kier alpha value is -1.63. The predicted molar refractivity (Wildman–Crippen MR) is 96.3 cm³/mol. The number of pyridine rings is 1. The minimum atomic E-state index is 0. The van der Waals surface area contributed by atoms with E-state index in [-0.39, 0.29) is 24.4 Å². The second kappa shape index (κ2) is 9.01. The lowest BCUT2D eigenvalue weighted by molar-refractivity contribution is -0.133. The standard InChI is InChI=1S/C17H24N4O2.ClH/c18-6-2-10-23-14-4-8-21(9-5-14)16(22)11-13-12-20-17-15(13)3-1-7-19-17;/h1,3,7,12,14H,2,4-6,8-11,18H2,(H,19,20);1H. The molecule has 0 aromatic carbocycles. The number of nitrogens with two attached hydrogens (primary N) is 1. The van der Waals surface area contributed by atoms with Crippen LogP contribution in [0, 0.1) is 0 Å². The third kappa shape index (κ3) is 4.47. The van der Waals surface area contributed by atoms with E-state index >= 15 is 0 Å². The zero-order valence-corrected chi connectivity index (χ0v) is 14.6. The second-order valence-corrected chi connectivity index (χ2v) is 5.98. The molecule has 0 bridgehead atoms. The highest BCUT2D eigenvalue weighted by Crippen LogP contribution is 2.19. The van der Waals surface area contributed by atoms with Crippen molar-refractivity contribution in [1.82, 2.24) is 14.9 Å². The Labute approximate surface area is 148 Å². The molecule has 0 unspecified atom stereocenters. The van der Waals surface area contributed by atoms with E-state index in [1.807, 2.05) is 23.2 Å². The number of nitrogens with zero attached hydrogens (tertiary/aromatic N) is 2. The van der Waals surface area contributed by atoms with E-state index in [0.29, 0.717) is 13.0 Å². The van der Waals surface area contributed by atoms with E-state index in [2.05, 4.69) is 9.97 Å². The maximum atomic E-state index is 12.5. The molecule has 2 aromatic heterocycles. The van der Waals surface area contributed by atoms with Crippen LogP contribution in [0.4, 0.5) is 0 Å². The number of carbonyl (C=O) groups is 1. The van der Waals surface area contributed by atoms with Crippen molar-refractivity contribution >= 4 is 29.3 Å². The summed E-state index contributed by atoms with van der Waals surface area (Å²) < 4.78 is 5.78. The average molecular weight is 353 g/mol. The minimum absolute atomic E-state index is 0. The number of piperidine rings is 1. The summed E-state index contributed by atoms with van der Waals surface area (Å²) in [5, 5.41) is 1.03. The molecule has 7 heteroatoms. The molecule has 0 spiro atoms. The van der Waals surface area contributed by atoms with Crippen molar-refractivity contribution in [3.63, 3.8) is 0 Å². The van der Waals surface area contributed by atoms with Gasteiger partial charge in [0.2, 0.25) is 5.91 Å². The van der Waals surface area contributed by atoms with Crippen LogP contribution in [0.2, 0.25) is 0 Å². The van der Waals surface area contributed by atoms with E-state index in [1.54, 1.807) is 6.20 Å². The van der Waals surface area contributed by atoms with Crippen LogP contribution in [0.5, 0.6) is 0 Å². The molecule has 2 aromatic rings. The number of fused-ring (bicyclic) bond motifs is 1. The van der Waals surface area contributed by atoms with Gasteiger partial charge in [-0.15, -0.1) is 12.4 Å². The molecule has 132 valence electrons. The smallest absolute Gasteiger partial charge is 0.227 e. The van der Waals surface area contributed by atoms with Gasteiger partial charge in [-0.05, 0) is 43.5 Å². The Balaban J connectivity index is 0.00000208. The molecule has 1 amide bonds. The number of hydrogen-bond donors (Lipinski definition) is 2. The zero-order valence-electron chi connectivity index (χ0n) is 13.7. The monoisotopic (exact) mass is 352 g/mol. The molecule has 1 saturated heterocycles. The number of rotatable bonds is 6. The predicted octanol–water partition coefficient (Wildman–Crippen LogP) is 1.88. The number of halogens is 1. The van der Waals surface area contributed by atoms with Crippen molar-refractivity contribution < 1.29 is 9.53 Å². The lowest BCUT2D eigenvalue weighted by atomic mass is 10.1. The highest BCUT2D eigenvalue weighted by atomic mass is 35.5. The van der Waals surface area contributed by atoms with Crippen LogP contribution in [-0.2, 0) is 16.0 Å². The van der Waals surface area contributed by atoms with E-state index in [4.69, 9.17) is 10.5 Å². The Kier molecular flexibility index (Phi) is 7.02. The summed E-state index contributed by atoms with van der Waals surface area (Å²) in [7, 11) is 0. The molecule has 1 fully saturated rings. The van der Waals surface area contributed by atoms with Crippen LogP contribution in [0.25, 0.3) is 11.0 Å². The van der Waals surface area contributed by atoms with Gasteiger partial charge in [-0.3, -0.25) is 4.79 Å². The highest BCUT2D eigenvalue weighted by Gasteiger charge is 2.23. The molecule has 0 saturated carbocycles. The Morgan fingerprint density at radius 1 is 1.42 bits per heavy atom. The van der Waals surface area contributed by atoms with Crippen molar-refractivity contribution in [2.45, 2.75) is 31.8 Å². The first-order chi connectivity index (χ1) is 11.3. The van der Waals surface area contributed by atoms with Crippen molar-refractivity contribution in [2.75, 3.05) is 26.2 Å². The van der Waals surface area contributed by atoms with Crippen LogP contribution < -0.4 is 5.73 Å². The van der Waals surface area contributed by atoms with Crippen molar-refractivity contribution in [3.05, 3.63) is 30.1 Å². The van der Waals surface area contributed by atoms with Gasteiger partial charge in [0.25, 0.3) is 0 Å². The van der Waals surface area contributed by atoms with Gasteiger partial charge < -0.3 is 20.4 Å². The van der Waals surface area contributed by atoms with Gasteiger partial charge in [0.1, 0.15) is 5.65 Å². The number of aromatic nitrogens is 2. The summed E-state index contributed by atoms with van der Waals surface area (Å²) in [5.41, 5.74) is 7.32. The topological polar surface area (TPSA) is 84.2 Å². The van der Waals surface area contributed by atoms with Gasteiger partial charge >= 0.3 is 0 Å². The number of H-pyrrole nitrogens is 1. The Bertz CT molecular complexity index is 653. The average Bonchev–Trinajstić information content (AvgIpc) is 2.99. The fraction of sp³-hybridized carbons (Fsp3) is 0.529. The maximum absolute atomic E-state index is 12.5. The van der Waals surface area contributed by atoms with E-state index in [0.717, 1.165) is 55.6 Å². The number of aromatic amines is 1. The van der Waals surface area contributed by atoms with Gasteiger partial charge in [0.15, 0.2) is 0 Å². The van der Waals surface area contributed by atoms with Gasteiger partial charge in [-0.1, -0.05) is 0 Å². The SMILES string of the molecule is Cl.NCCCOC1CCN(C(=O)Cc2c[nH]c3ncccc23)CC1. The van der Waals surface area contributed by atoms with Crippen LogP contribution >= 0.6 is 12.4 Å². The van der Waals surface area contributed by atoms with Crippen molar-refractivity contribution in [2.24, 2.45) is 5.73 Å². The number of nitrogens with one attached hydrogen (secondary N) is 1. The number of hydrogen-bond acceptors (Lipinski definition) is 4. The first-order valence-electron chi connectivity index (χ1n) is 8.28. The molecule has 0 aliphatic carbocycles. The van der Waals surface area contributed by atoms with E-state index in [9.17, 15) is 4.79 Å². The van der Waals surface area contributed by atoms with Gasteiger partial charge in [-0.2, -0.15) is 0 Å². The van der Waals surface area contributed by atoms with Crippen LogP contribution in [0.3, 0.4) is 0 Å². The van der Waals surface area contributed by atoms with Gasteiger partial charge in [-0.25, -0.2) is 4.98 Å². The maximum Gasteiger partial charge on any atom is 0.227 e. The van der Waals surface area contributed by atoms with Crippen LogP contribution in [-0.4, -0.2) is 53.1 Å². The fourth-order valence-corrected chi connectivity index (χ4v) is 3.04. The third-order valence-electron chi connectivity index (χ3n) is 4.38. The summed E-state index contributed by atoms with van der Waals surface area (Å²) in [5.74, 6) is 0.176. The molecule has 1 aliphatic heterocycles. The summed E-state index contributed by atoms with van der Waals surface area (Å²) in [6, 6.07) is 3.90. The molecule has 3 heterocycles. The van der Waals surface area contributed by atoms with Gasteiger partial charge in [0, 0.05) is 37.5 Å². The Morgan fingerprint density at radius 3 is 2.96 bits per heavy atom. The molecule has 1 aliphatic rings. The highest BCUT2D eigenvalue weighted by molar-refractivity contribution is 5.87. The first-order valence-corrected chi connectivity index (χ1v) is 8.28. The molecule has 0 radical (unpaired) electrons.